The number of halogens is 1. The average Bonchev–Trinajstić information content (AvgIpc) is 3.05. The van der Waals surface area contributed by atoms with Gasteiger partial charge in [-0.1, -0.05) is 17.3 Å². The van der Waals surface area contributed by atoms with Crippen molar-refractivity contribution in [3.8, 4) is 0 Å². The minimum atomic E-state index is -3.29. The highest BCUT2D eigenvalue weighted by molar-refractivity contribution is 7.90. The van der Waals surface area contributed by atoms with Crippen molar-refractivity contribution in [2.75, 3.05) is 11.6 Å². The third-order valence-electron chi connectivity index (χ3n) is 3.67. The molecule has 1 amide bonds. The normalized spacial score (nSPS) is 16.9. The lowest BCUT2D eigenvalue weighted by atomic mass is 10.0. The van der Waals surface area contributed by atoms with E-state index in [4.69, 9.17) is 4.84 Å². The van der Waals surface area contributed by atoms with Gasteiger partial charge in [0.1, 0.15) is 5.82 Å². The molecular weight excluding hydrogens is 347 g/mol. The monoisotopic (exact) mass is 362 g/mol. The fraction of sp³-hybridized carbons (Fsp3) is 0.176. The number of hydrogen-bond acceptors (Lipinski definition) is 5. The van der Waals surface area contributed by atoms with Crippen LogP contribution in [-0.2, 0) is 19.5 Å². The molecule has 0 saturated carbocycles. The number of benzene rings is 2. The number of rotatable bonds is 4. The lowest BCUT2D eigenvalue weighted by Gasteiger charge is -2.10. The van der Waals surface area contributed by atoms with Gasteiger partial charge < -0.3 is 10.2 Å². The first-order valence-corrected chi connectivity index (χ1v) is 9.32. The van der Waals surface area contributed by atoms with Crippen LogP contribution in [0.4, 0.5) is 10.1 Å². The molecule has 1 aliphatic rings. The molecule has 0 radical (unpaired) electrons. The summed E-state index contributed by atoms with van der Waals surface area (Å²) in [5.74, 6) is -0.804. The van der Waals surface area contributed by atoms with Crippen LogP contribution in [0.5, 0.6) is 0 Å². The van der Waals surface area contributed by atoms with E-state index in [1.165, 1.54) is 36.4 Å². The summed E-state index contributed by atoms with van der Waals surface area (Å²) in [7, 11) is -3.29. The third-order valence-corrected chi connectivity index (χ3v) is 4.80. The topological polar surface area (TPSA) is 84.8 Å². The highest BCUT2D eigenvalue weighted by Crippen LogP contribution is 2.20. The van der Waals surface area contributed by atoms with Crippen LogP contribution >= 0.6 is 0 Å². The van der Waals surface area contributed by atoms with Crippen LogP contribution < -0.4 is 5.32 Å². The summed E-state index contributed by atoms with van der Waals surface area (Å²) in [5.41, 5.74) is 1.50. The van der Waals surface area contributed by atoms with Crippen LogP contribution in [0, 0.1) is 5.82 Å². The van der Waals surface area contributed by atoms with Crippen LogP contribution in [0.2, 0.25) is 0 Å². The van der Waals surface area contributed by atoms with E-state index in [0.717, 1.165) is 6.26 Å². The van der Waals surface area contributed by atoms with E-state index in [1.54, 1.807) is 12.1 Å². The second kappa shape index (κ2) is 6.64. The first-order chi connectivity index (χ1) is 11.8. The van der Waals surface area contributed by atoms with Crippen LogP contribution in [-0.4, -0.2) is 32.4 Å². The van der Waals surface area contributed by atoms with Gasteiger partial charge in [0.2, 0.25) is 6.10 Å². The molecule has 1 aliphatic heterocycles. The number of sulfone groups is 1. The van der Waals surface area contributed by atoms with E-state index >= 15 is 0 Å². The Kier molecular flexibility index (Phi) is 4.54. The molecule has 0 aliphatic carbocycles. The SMILES string of the molecule is CS(=O)(=O)c1ccc(NC(=O)[C@H]2CC(c3cccc(F)c3)=NO2)cc1. The minimum Gasteiger partial charge on any atom is -0.382 e. The Bertz CT molecular complexity index is 939. The summed E-state index contributed by atoms with van der Waals surface area (Å²) >= 11 is 0. The molecule has 0 unspecified atom stereocenters. The van der Waals surface area contributed by atoms with Gasteiger partial charge in [-0.15, -0.1) is 0 Å². The molecular formula is C17H15FN2O4S. The zero-order valence-corrected chi connectivity index (χ0v) is 14.1. The number of anilines is 1. The molecule has 25 heavy (non-hydrogen) atoms. The van der Waals surface area contributed by atoms with Crippen molar-refractivity contribution >= 4 is 27.1 Å². The van der Waals surface area contributed by atoms with Crippen LogP contribution in [0.1, 0.15) is 12.0 Å². The maximum Gasteiger partial charge on any atom is 0.268 e. The average molecular weight is 362 g/mol. The van der Waals surface area contributed by atoms with Gasteiger partial charge >= 0.3 is 0 Å². The number of hydrogen-bond donors (Lipinski definition) is 1. The first kappa shape index (κ1) is 17.1. The van der Waals surface area contributed by atoms with Gasteiger partial charge in [0, 0.05) is 23.9 Å². The lowest BCUT2D eigenvalue weighted by Crippen LogP contribution is -2.28. The summed E-state index contributed by atoms with van der Waals surface area (Å²) in [5, 5.41) is 6.49. The molecule has 2 aromatic rings. The van der Waals surface area contributed by atoms with Crippen LogP contribution in [0.25, 0.3) is 0 Å². The molecule has 0 bridgehead atoms. The van der Waals surface area contributed by atoms with Crippen molar-refractivity contribution in [2.45, 2.75) is 17.4 Å². The molecule has 1 N–H and O–H groups in total. The number of carbonyl (C=O) groups excluding carboxylic acids is 1. The third kappa shape index (κ3) is 4.03. The molecule has 2 aromatic carbocycles. The quantitative estimate of drug-likeness (QED) is 0.905. The van der Waals surface area contributed by atoms with E-state index in [2.05, 4.69) is 10.5 Å². The van der Waals surface area contributed by atoms with Crippen molar-refractivity contribution in [1.82, 2.24) is 0 Å². The highest BCUT2D eigenvalue weighted by Gasteiger charge is 2.29. The van der Waals surface area contributed by atoms with Gasteiger partial charge in [-0.2, -0.15) is 0 Å². The summed E-state index contributed by atoms with van der Waals surface area (Å²) in [6.07, 6.45) is 0.502. The molecule has 0 aromatic heterocycles. The summed E-state index contributed by atoms with van der Waals surface area (Å²) in [6.45, 7) is 0. The van der Waals surface area contributed by atoms with E-state index in [1.807, 2.05) is 0 Å². The molecule has 130 valence electrons. The predicted molar refractivity (Wildman–Crippen MR) is 90.6 cm³/mol. The van der Waals surface area contributed by atoms with Gasteiger partial charge in [0.05, 0.1) is 10.6 Å². The standard InChI is InChI=1S/C17H15FN2O4S/c1-25(22,23)14-7-5-13(6-8-14)19-17(21)16-10-15(20-24-16)11-3-2-4-12(18)9-11/h2-9,16H,10H2,1H3,(H,19,21)/t16-/m1/s1. The Balaban J connectivity index is 1.64. The zero-order valence-electron chi connectivity index (χ0n) is 13.3. The zero-order chi connectivity index (χ0) is 18.0. The van der Waals surface area contributed by atoms with Crippen molar-refractivity contribution in [3.05, 3.63) is 59.9 Å². The van der Waals surface area contributed by atoms with Gasteiger partial charge in [0.15, 0.2) is 9.84 Å². The summed E-state index contributed by atoms with van der Waals surface area (Å²) < 4.78 is 36.1. The molecule has 1 atom stereocenters. The predicted octanol–water partition coefficient (Wildman–Crippen LogP) is 2.36. The van der Waals surface area contributed by atoms with Gasteiger partial charge in [-0.3, -0.25) is 4.79 Å². The fourth-order valence-corrected chi connectivity index (χ4v) is 3.00. The largest absolute Gasteiger partial charge is 0.382 e. The van der Waals surface area contributed by atoms with Crippen LogP contribution in [0.3, 0.4) is 0 Å². The molecule has 0 spiro atoms. The van der Waals surface area contributed by atoms with E-state index in [9.17, 15) is 17.6 Å². The molecule has 6 nitrogen and oxygen atoms in total. The number of nitrogens with one attached hydrogen (secondary N) is 1. The van der Waals surface area contributed by atoms with Crippen molar-refractivity contribution < 1.29 is 22.4 Å². The molecule has 3 rings (SSSR count). The Labute approximate surface area is 144 Å². The number of carbonyl (C=O) groups is 1. The summed E-state index contributed by atoms with van der Waals surface area (Å²) in [4.78, 5) is 17.5. The smallest absolute Gasteiger partial charge is 0.268 e. The second-order valence-electron chi connectivity index (χ2n) is 5.63. The number of amides is 1. The Morgan fingerprint density at radius 3 is 2.60 bits per heavy atom. The lowest BCUT2D eigenvalue weighted by molar-refractivity contribution is -0.125. The van der Waals surface area contributed by atoms with Crippen molar-refractivity contribution in [2.24, 2.45) is 5.16 Å². The maximum absolute atomic E-state index is 13.3. The maximum atomic E-state index is 13.3. The molecule has 1 heterocycles. The molecule has 0 fully saturated rings. The Morgan fingerprint density at radius 1 is 1.24 bits per heavy atom. The van der Waals surface area contributed by atoms with Crippen LogP contribution in [0.15, 0.2) is 58.6 Å². The van der Waals surface area contributed by atoms with E-state index in [-0.39, 0.29) is 17.1 Å². The number of oxime groups is 1. The fourth-order valence-electron chi connectivity index (χ4n) is 2.36. The van der Waals surface area contributed by atoms with E-state index < -0.39 is 21.8 Å². The number of nitrogens with zero attached hydrogens (tertiary/aromatic N) is 1. The van der Waals surface area contributed by atoms with Gasteiger partial charge in [-0.25, -0.2) is 12.8 Å². The van der Waals surface area contributed by atoms with E-state index in [0.29, 0.717) is 17.0 Å². The highest BCUT2D eigenvalue weighted by atomic mass is 32.2. The Hall–Kier alpha value is -2.74. The second-order valence-corrected chi connectivity index (χ2v) is 7.65. The van der Waals surface area contributed by atoms with Gasteiger partial charge in [0.25, 0.3) is 5.91 Å². The minimum absolute atomic E-state index is 0.166. The Morgan fingerprint density at radius 2 is 1.96 bits per heavy atom. The molecule has 8 heteroatoms. The molecule has 0 saturated heterocycles. The van der Waals surface area contributed by atoms with Crippen molar-refractivity contribution in [3.63, 3.8) is 0 Å². The van der Waals surface area contributed by atoms with Gasteiger partial charge in [-0.05, 0) is 36.4 Å². The first-order valence-electron chi connectivity index (χ1n) is 7.42. The summed E-state index contributed by atoms with van der Waals surface area (Å²) in [6, 6.07) is 11.7. The van der Waals surface area contributed by atoms with Crippen molar-refractivity contribution in [1.29, 1.82) is 0 Å².